The van der Waals surface area contributed by atoms with E-state index in [1.807, 2.05) is 12.2 Å². The van der Waals surface area contributed by atoms with Crippen molar-refractivity contribution in [2.24, 2.45) is 5.92 Å². The van der Waals surface area contributed by atoms with E-state index in [9.17, 15) is 40.8 Å². The number of carbonyl (C=O) groups is 4. The zero-order valence-electron chi connectivity index (χ0n) is 31.3. The van der Waals surface area contributed by atoms with Crippen molar-refractivity contribution in [1.29, 1.82) is 0 Å². The summed E-state index contributed by atoms with van der Waals surface area (Å²) in [6, 6.07) is 5.40. The lowest BCUT2D eigenvalue weighted by Gasteiger charge is -2.29. The summed E-state index contributed by atoms with van der Waals surface area (Å²) in [5.41, 5.74) is -1.69. The summed E-state index contributed by atoms with van der Waals surface area (Å²) in [5.74, 6) is -3.19. The van der Waals surface area contributed by atoms with Gasteiger partial charge in [-0.3, -0.25) is 23.9 Å². The number of benzene rings is 1. The third-order valence-corrected chi connectivity index (χ3v) is 12.8. The van der Waals surface area contributed by atoms with Crippen molar-refractivity contribution in [2.75, 3.05) is 6.54 Å². The van der Waals surface area contributed by atoms with Gasteiger partial charge in [0.2, 0.25) is 39.0 Å². The molecule has 306 valence electrons. The SMILES string of the molecule is CC(=O)N[C@H]1CCCCCC=C[C@@H]2C[C@@]2(C(=O)NS(=O)(=O)C2CC2)NC(=O)[C@@H]2C[C@@H](Oc3nc(-c4ccc(C(F)(F)F)cc4)nc4c3oc3ncccc34)CN2C1=O. The lowest BCUT2D eigenvalue weighted by molar-refractivity contribution is -0.142. The van der Waals surface area contributed by atoms with E-state index in [1.165, 1.54) is 30.2 Å². The first kappa shape index (κ1) is 39.2. The van der Waals surface area contributed by atoms with E-state index in [0.29, 0.717) is 37.5 Å². The number of fused-ring (bicyclic) bond motifs is 5. The van der Waals surface area contributed by atoms with E-state index in [4.69, 9.17) is 9.15 Å². The summed E-state index contributed by atoms with van der Waals surface area (Å²) in [6.07, 6.45) is 3.61. The summed E-state index contributed by atoms with van der Waals surface area (Å²) in [5, 5.41) is 5.32. The third kappa shape index (κ3) is 7.82. The Bertz CT molecular complexity index is 2440. The minimum Gasteiger partial charge on any atom is -0.470 e. The normalized spacial score (nSPS) is 25.6. The molecule has 1 saturated heterocycles. The number of rotatable bonds is 7. The number of aromatic nitrogens is 3. The van der Waals surface area contributed by atoms with E-state index < -0.39 is 80.3 Å². The van der Waals surface area contributed by atoms with Gasteiger partial charge in [0.25, 0.3) is 11.8 Å². The zero-order valence-corrected chi connectivity index (χ0v) is 32.1. The number of sulfonamides is 1. The number of nitrogens with one attached hydrogen (secondary N) is 3. The van der Waals surface area contributed by atoms with Crippen molar-refractivity contribution in [2.45, 2.75) is 99.9 Å². The highest BCUT2D eigenvalue weighted by Gasteiger charge is 2.62. The highest BCUT2D eigenvalue weighted by Crippen LogP contribution is 2.46. The Morgan fingerprint density at radius 1 is 1.05 bits per heavy atom. The van der Waals surface area contributed by atoms with Gasteiger partial charge in [-0.05, 0) is 62.8 Å². The summed E-state index contributed by atoms with van der Waals surface area (Å²) < 4.78 is 80.5. The first-order chi connectivity index (χ1) is 27.6. The predicted molar refractivity (Wildman–Crippen MR) is 201 cm³/mol. The van der Waals surface area contributed by atoms with E-state index in [-0.39, 0.29) is 53.5 Å². The molecule has 1 aromatic carbocycles. The third-order valence-electron chi connectivity index (χ3n) is 11.0. The second-order valence-electron chi connectivity index (χ2n) is 15.3. The quantitative estimate of drug-likeness (QED) is 0.224. The molecule has 0 radical (unpaired) electrons. The molecule has 2 aliphatic heterocycles. The number of furan rings is 1. The molecule has 2 aliphatic carbocycles. The number of nitrogens with zero attached hydrogens (tertiary/aromatic N) is 4. The molecule has 4 amide bonds. The number of pyridine rings is 1. The molecule has 0 unspecified atom stereocenters. The standard InChI is InChI=1S/C39H40F3N7O8S/c1-21(50)44-28-10-6-4-2-3-5-8-24-19-38(24,37(53)48-58(54,55)26-15-16-26)47-33(51)29-18-25(20-49(29)36(28)52)56-35-31-30(27-9-7-17-43-34(27)57-31)45-32(46-35)22-11-13-23(14-12-22)39(40,41)42/h5,7-9,11-14,17,24-26,28-29H,2-4,6,10,15-16,18-20H2,1H3,(H,44,50)(H,47,51)(H,48,53)/t24-,25-,28+,29+,38-/m1/s1. The molecular formula is C39H40F3N7O8S. The van der Waals surface area contributed by atoms with Gasteiger partial charge >= 0.3 is 6.18 Å². The highest BCUT2D eigenvalue weighted by molar-refractivity contribution is 7.91. The van der Waals surface area contributed by atoms with Gasteiger partial charge in [-0.25, -0.2) is 18.4 Å². The van der Waals surface area contributed by atoms with Crippen LogP contribution in [0.1, 0.15) is 70.3 Å². The van der Waals surface area contributed by atoms with Crippen LogP contribution in [0, 0.1) is 5.92 Å². The average Bonchev–Trinajstić information content (AvgIpc) is 4.08. The molecule has 0 spiro atoms. The van der Waals surface area contributed by atoms with Crippen LogP contribution >= 0.6 is 0 Å². The van der Waals surface area contributed by atoms with Crippen molar-refractivity contribution in [3.63, 3.8) is 0 Å². The monoisotopic (exact) mass is 823 g/mol. The topological polar surface area (TPSA) is 203 Å². The Labute approximate surface area is 330 Å². The summed E-state index contributed by atoms with van der Waals surface area (Å²) in [7, 11) is -3.95. The Morgan fingerprint density at radius 2 is 1.83 bits per heavy atom. The molecule has 15 nitrogen and oxygen atoms in total. The van der Waals surface area contributed by atoms with E-state index in [0.717, 1.165) is 25.0 Å². The van der Waals surface area contributed by atoms with Gasteiger partial charge in [0, 0.05) is 31.0 Å². The molecule has 4 aliphatic rings. The second-order valence-corrected chi connectivity index (χ2v) is 17.3. The van der Waals surface area contributed by atoms with Crippen LogP contribution in [0.5, 0.6) is 5.88 Å². The van der Waals surface area contributed by atoms with Gasteiger partial charge in [-0.2, -0.15) is 18.2 Å². The van der Waals surface area contributed by atoms with Crippen LogP contribution in [0.4, 0.5) is 13.2 Å². The van der Waals surface area contributed by atoms with Gasteiger partial charge in [-0.15, -0.1) is 0 Å². The largest absolute Gasteiger partial charge is 0.470 e. The van der Waals surface area contributed by atoms with Crippen molar-refractivity contribution in [1.82, 2.24) is 35.2 Å². The maximum atomic E-state index is 14.4. The minimum absolute atomic E-state index is 0.0112. The number of allylic oxidation sites excluding steroid dienone is 1. The molecule has 58 heavy (non-hydrogen) atoms. The number of carbonyl (C=O) groups excluding carboxylic acids is 4. The molecule has 0 bridgehead atoms. The fraction of sp³-hybridized carbons (Fsp3) is 0.462. The highest BCUT2D eigenvalue weighted by atomic mass is 32.2. The van der Waals surface area contributed by atoms with Gasteiger partial charge in [0.1, 0.15) is 29.2 Å². The van der Waals surface area contributed by atoms with E-state index in [2.05, 4.69) is 30.3 Å². The Hall–Kier alpha value is -5.59. The summed E-state index contributed by atoms with van der Waals surface area (Å²) >= 11 is 0. The fourth-order valence-corrected chi connectivity index (χ4v) is 9.09. The van der Waals surface area contributed by atoms with E-state index in [1.54, 1.807) is 12.1 Å². The molecule has 3 fully saturated rings. The first-order valence-electron chi connectivity index (χ1n) is 19.1. The molecule has 5 heterocycles. The Kier molecular flexibility index (Phi) is 10.1. The maximum absolute atomic E-state index is 14.4. The van der Waals surface area contributed by atoms with Crippen LogP contribution in [0.3, 0.4) is 0 Å². The molecule has 19 heteroatoms. The van der Waals surface area contributed by atoms with Gasteiger partial charge in [-0.1, -0.05) is 37.1 Å². The number of hydrogen-bond acceptors (Lipinski definition) is 11. The molecule has 3 N–H and O–H groups in total. The molecule has 8 rings (SSSR count). The van der Waals surface area contributed by atoms with Crippen molar-refractivity contribution >= 4 is 55.9 Å². The Balaban J connectivity index is 1.14. The van der Waals surface area contributed by atoms with Crippen molar-refractivity contribution < 1.29 is 49.9 Å². The molecule has 3 aromatic heterocycles. The second kappa shape index (κ2) is 15.0. The van der Waals surface area contributed by atoms with Gasteiger partial charge in [0.15, 0.2) is 5.82 Å². The minimum atomic E-state index is -4.57. The number of halogens is 3. The summed E-state index contributed by atoms with van der Waals surface area (Å²) in [6.45, 7) is 1.11. The zero-order chi connectivity index (χ0) is 41.0. The number of amides is 4. The van der Waals surface area contributed by atoms with Crippen LogP contribution in [0.15, 0.2) is 59.2 Å². The molecule has 4 aromatic rings. The van der Waals surface area contributed by atoms with Crippen LogP contribution < -0.4 is 20.1 Å². The van der Waals surface area contributed by atoms with Crippen molar-refractivity contribution in [3.05, 3.63) is 60.3 Å². The smallest absolute Gasteiger partial charge is 0.416 e. The maximum Gasteiger partial charge on any atom is 0.416 e. The molecular weight excluding hydrogens is 784 g/mol. The van der Waals surface area contributed by atoms with E-state index >= 15 is 0 Å². The molecule has 5 atom stereocenters. The Morgan fingerprint density at radius 3 is 2.55 bits per heavy atom. The molecule has 2 saturated carbocycles. The van der Waals surface area contributed by atoms with Gasteiger partial charge in [0.05, 0.1) is 22.7 Å². The van der Waals surface area contributed by atoms with Crippen LogP contribution in [-0.2, 0) is 35.4 Å². The lowest BCUT2D eigenvalue weighted by Crippen LogP contribution is -2.58. The number of hydrogen-bond donors (Lipinski definition) is 3. The first-order valence-corrected chi connectivity index (χ1v) is 20.7. The van der Waals surface area contributed by atoms with Crippen LogP contribution in [-0.4, -0.2) is 87.4 Å². The predicted octanol–water partition coefficient (Wildman–Crippen LogP) is 4.31. The van der Waals surface area contributed by atoms with Crippen LogP contribution in [0.2, 0.25) is 0 Å². The number of ether oxygens (including phenoxy) is 1. The lowest BCUT2D eigenvalue weighted by atomic mass is 10.0. The van der Waals surface area contributed by atoms with Gasteiger partial charge < -0.3 is 24.7 Å². The average molecular weight is 824 g/mol. The van der Waals surface area contributed by atoms with Crippen molar-refractivity contribution in [3.8, 4) is 17.3 Å². The fourth-order valence-electron chi connectivity index (χ4n) is 7.72. The summed E-state index contributed by atoms with van der Waals surface area (Å²) in [4.78, 5) is 69.5. The number of alkyl halides is 3. The van der Waals surface area contributed by atoms with Crippen LogP contribution in [0.25, 0.3) is 33.6 Å².